The molecule has 1 aliphatic heterocycles. The Morgan fingerprint density at radius 2 is 1.67 bits per heavy atom. The minimum Gasteiger partial charge on any atom is -0.497 e. The van der Waals surface area contributed by atoms with Gasteiger partial charge in [0.2, 0.25) is 11.3 Å². The lowest BCUT2D eigenvalue weighted by atomic mass is 10.0. The topological polar surface area (TPSA) is 95.9 Å². The van der Waals surface area contributed by atoms with Crippen LogP contribution in [0.15, 0.2) is 71.7 Å². The van der Waals surface area contributed by atoms with E-state index >= 15 is 0 Å². The van der Waals surface area contributed by atoms with Crippen molar-refractivity contribution in [3.8, 4) is 17.2 Å². The third-order valence-electron chi connectivity index (χ3n) is 5.78. The van der Waals surface area contributed by atoms with Gasteiger partial charge in [-0.2, -0.15) is 0 Å². The molecule has 9 heteroatoms. The number of carbonyl (C=O) groups is 2. The minimum absolute atomic E-state index is 0.0661. The van der Waals surface area contributed by atoms with Crippen molar-refractivity contribution in [1.82, 2.24) is 4.57 Å². The van der Waals surface area contributed by atoms with E-state index in [-0.39, 0.29) is 23.4 Å². The molecule has 182 valence electrons. The van der Waals surface area contributed by atoms with E-state index in [9.17, 15) is 14.4 Å². The van der Waals surface area contributed by atoms with Crippen molar-refractivity contribution in [2.24, 2.45) is 0 Å². The Bertz CT molecular complexity index is 1530. The number of benzene rings is 3. The van der Waals surface area contributed by atoms with Gasteiger partial charge in [-0.05, 0) is 54.6 Å². The Kier molecular flexibility index (Phi) is 6.35. The highest BCUT2D eigenvalue weighted by atomic mass is 35.5. The number of ketones is 1. The molecule has 1 amide bonds. The largest absolute Gasteiger partial charge is 0.497 e. The molecule has 5 rings (SSSR count). The van der Waals surface area contributed by atoms with Crippen LogP contribution in [-0.2, 0) is 11.3 Å². The fourth-order valence-electron chi connectivity index (χ4n) is 4.01. The van der Waals surface area contributed by atoms with E-state index < -0.39 is 11.2 Å². The number of pyridine rings is 1. The number of nitrogens with one attached hydrogen (secondary N) is 1. The molecule has 0 unspecified atom stereocenters. The zero-order valence-electron chi connectivity index (χ0n) is 19.2. The standard InChI is InChI=1S/C27H21ClN2O6/c1-34-19-8-2-16(3-9-19)26(32)21-14-30(15-25(31)29-18-6-4-17(28)5-7-18)22-13-24-23(35-10-11-36-24)12-20(22)27(21)33/h2-9,12-14H,10-11,15H2,1H3,(H,29,31). The molecule has 0 bridgehead atoms. The van der Waals surface area contributed by atoms with Crippen LogP contribution in [0.1, 0.15) is 15.9 Å². The summed E-state index contributed by atoms with van der Waals surface area (Å²) in [4.78, 5) is 39.7. The van der Waals surface area contributed by atoms with Gasteiger partial charge in [0.05, 0.1) is 23.6 Å². The average molecular weight is 505 g/mol. The molecule has 1 aromatic heterocycles. The first-order chi connectivity index (χ1) is 17.4. The first-order valence-corrected chi connectivity index (χ1v) is 11.5. The molecule has 2 heterocycles. The maximum Gasteiger partial charge on any atom is 0.244 e. The van der Waals surface area contributed by atoms with E-state index in [2.05, 4.69) is 5.32 Å². The van der Waals surface area contributed by atoms with Crippen LogP contribution in [-0.4, -0.2) is 36.6 Å². The molecule has 8 nitrogen and oxygen atoms in total. The summed E-state index contributed by atoms with van der Waals surface area (Å²) in [6, 6.07) is 16.4. The molecule has 36 heavy (non-hydrogen) atoms. The van der Waals surface area contributed by atoms with Gasteiger partial charge in [0.25, 0.3) is 0 Å². The molecule has 0 spiro atoms. The van der Waals surface area contributed by atoms with Gasteiger partial charge in [-0.3, -0.25) is 14.4 Å². The fourth-order valence-corrected chi connectivity index (χ4v) is 4.13. The lowest BCUT2D eigenvalue weighted by molar-refractivity contribution is -0.116. The van der Waals surface area contributed by atoms with E-state index in [1.807, 2.05) is 0 Å². The highest BCUT2D eigenvalue weighted by Crippen LogP contribution is 2.34. The minimum atomic E-state index is -0.466. The second kappa shape index (κ2) is 9.75. The summed E-state index contributed by atoms with van der Waals surface area (Å²) in [5.74, 6) is 0.655. The van der Waals surface area contributed by atoms with Gasteiger partial charge in [-0.1, -0.05) is 11.6 Å². The number of halogens is 1. The predicted octanol–water partition coefficient (Wildman–Crippen LogP) is 4.30. The van der Waals surface area contributed by atoms with Crippen LogP contribution in [0.3, 0.4) is 0 Å². The van der Waals surface area contributed by atoms with E-state index in [1.165, 1.54) is 13.3 Å². The summed E-state index contributed by atoms with van der Waals surface area (Å²) in [5, 5.41) is 3.60. The first-order valence-electron chi connectivity index (χ1n) is 11.1. The van der Waals surface area contributed by atoms with Crippen molar-refractivity contribution in [3.05, 3.63) is 93.2 Å². The number of methoxy groups -OCH3 is 1. The number of carbonyl (C=O) groups excluding carboxylic acids is 2. The molecule has 3 aromatic carbocycles. The summed E-state index contributed by atoms with van der Waals surface area (Å²) in [7, 11) is 1.53. The molecule has 0 atom stereocenters. The predicted molar refractivity (Wildman–Crippen MR) is 136 cm³/mol. The highest BCUT2D eigenvalue weighted by molar-refractivity contribution is 6.30. The smallest absolute Gasteiger partial charge is 0.244 e. The van der Waals surface area contributed by atoms with Crippen LogP contribution in [0.5, 0.6) is 17.2 Å². The molecule has 1 N–H and O–H groups in total. The van der Waals surface area contributed by atoms with E-state index in [1.54, 1.807) is 65.2 Å². The highest BCUT2D eigenvalue weighted by Gasteiger charge is 2.22. The second-order valence-electron chi connectivity index (χ2n) is 8.13. The lowest BCUT2D eigenvalue weighted by Crippen LogP contribution is -2.25. The summed E-state index contributed by atoms with van der Waals surface area (Å²) in [6.45, 7) is 0.566. The van der Waals surface area contributed by atoms with Gasteiger partial charge in [0, 0.05) is 28.5 Å². The summed E-state index contributed by atoms with van der Waals surface area (Å²) < 4.78 is 18.0. The van der Waals surface area contributed by atoms with Gasteiger partial charge < -0.3 is 24.1 Å². The number of aromatic nitrogens is 1. The normalized spacial score (nSPS) is 12.3. The number of hydrogen-bond donors (Lipinski definition) is 1. The van der Waals surface area contributed by atoms with E-state index in [4.69, 9.17) is 25.8 Å². The Hall–Kier alpha value is -4.30. The first kappa shape index (κ1) is 23.4. The SMILES string of the molecule is COc1ccc(C(=O)c2cn(CC(=O)Nc3ccc(Cl)cc3)c3cc4c(cc3c2=O)OCCO4)cc1. The zero-order valence-corrected chi connectivity index (χ0v) is 20.0. The molecule has 0 saturated heterocycles. The lowest BCUT2D eigenvalue weighted by Gasteiger charge is -2.20. The van der Waals surface area contributed by atoms with Crippen LogP contribution in [0.4, 0.5) is 5.69 Å². The molecule has 0 radical (unpaired) electrons. The van der Waals surface area contributed by atoms with Crippen molar-refractivity contribution in [2.45, 2.75) is 6.54 Å². The number of rotatable bonds is 6. The zero-order chi connectivity index (χ0) is 25.2. The number of hydrogen-bond acceptors (Lipinski definition) is 6. The van der Waals surface area contributed by atoms with Crippen molar-refractivity contribution in [2.75, 3.05) is 25.6 Å². The van der Waals surface area contributed by atoms with Gasteiger partial charge in [-0.25, -0.2) is 0 Å². The van der Waals surface area contributed by atoms with Gasteiger partial charge in [-0.15, -0.1) is 0 Å². The van der Waals surface area contributed by atoms with Crippen LogP contribution in [0, 0.1) is 0 Å². The van der Waals surface area contributed by atoms with E-state index in [0.29, 0.717) is 52.3 Å². The van der Waals surface area contributed by atoms with Gasteiger partial charge in [0.15, 0.2) is 17.3 Å². The van der Waals surface area contributed by atoms with Gasteiger partial charge in [0.1, 0.15) is 25.5 Å². The monoisotopic (exact) mass is 504 g/mol. The molecule has 0 fully saturated rings. The molecule has 4 aromatic rings. The van der Waals surface area contributed by atoms with Crippen molar-refractivity contribution in [1.29, 1.82) is 0 Å². The quantitative estimate of drug-likeness (QED) is 0.393. The van der Waals surface area contributed by atoms with Crippen LogP contribution >= 0.6 is 11.6 Å². The number of anilines is 1. The van der Waals surface area contributed by atoms with E-state index in [0.717, 1.165) is 0 Å². The maximum atomic E-state index is 13.4. The maximum absolute atomic E-state index is 13.4. The fraction of sp³-hybridized carbons (Fsp3) is 0.148. The summed E-state index contributed by atoms with van der Waals surface area (Å²) >= 11 is 5.92. The Balaban J connectivity index is 1.58. The van der Waals surface area contributed by atoms with Crippen molar-refractivity contribution in [3.63, 3.8) is 0 Å². The molecular weight excluding hydrogens is 484 g/mol. The molecular formula is C27H21ClN2O6. The average Bonchev–Trinajstić information content (AvgIpc) is 2.90. The van der Waals surface area contributed by atoms with Gasteiger partial charge >= 0.3 is 0 Å². The third-order valence-corrected chi connectivity index (χ3v) is 6.03. The number of fused-ring (bicyclic) bond motifs is 2. The van der Waals surface area contributed by atoms with Crippen molar-refractivity contribution >= 4 is 39.9 Å². The number of ether oxygens (including phenoxy) is 3. The Morgan fingerprint density at radius 1 is 1.00 bits per heavy atom. The molecule has 0 saturated carbocycles. The second-order valence-corrected chi connectivity index (χ2v) is 8.56. The van der Waals surface area contributed by atoms with Crippen LogP contribution < -0.4 is 25.0 Å². The Labute approximate surface area is 211 Å². The number of amides is 1. The summed E-state index contributed by atoms with van der Waals surface area (Å²) in [6.07, 6.45) is 1.41. The molecule has 1 aliphatic rings. The Morgan fingerprint density at radius 3 is 2.33 bits per heavy atom. The van der Waals surface area contributed by atoms with Crippen LogP contribution in [0.25, 0.3) is 10.9 Å². The van der Waals surface area contributed by atoms with Crippen LogP contribution in [0.2, 0.25) is 5.02 Å². The number of nitrogens with zero attached hydrogens (tertiary/aromatic N) is 1. The molecule has 0 aliphatic carbocycles. The third kappa shape index (κ3) is 4.63. The summed E-state index contributed by atoms with van der Waals surface area (Å²) in [5.41, 5.74) is 0.808. The van der Waals surface area contributed by atoms with Crippen molar-refractivity contribution < 1.29 is 23.8 Å².